The van der Waals surface area contributed by atoms with Gasteiger partial charge >= 0.3 is 0 Å². The van der Waals surface area contributed by atoms with Crippen molar-refractivity contribution >= 4 is 5.91 Å². The van der Waals surface area contributed by atoms with E-state index in [0.717, 1.165) is 0 Å². The summed E-state index contributed by atoms with van der Waals surface area (Å²) in [5.41, 5.74) is 0. The van der Waals surface area contributed by atoms with Crippen LogP contribution in [0.4, 0.5) is 0 Å². The molecule has 0 fully saturated rings. The Kier molecular flexibility index (Phi) is 2.40. The number of aromatic amines is 2. The molecule has 8 heteroatoms. The van der Waals surface area contributed by atoms with Gasteiger partial charge in [-0.25, -0.2) is 4.98 Å². The first kappa shape index (κ1) is 9.31. The topological polar surface area (TPSA) is 112 Å². The molecule has 0 aliphatic heterocycles. The number of imidazole rings is 1. The van der Waals surface area contributed by atoms with Crippen molar-refractivity contribution in [2.75, 3.05) is 0 Å². The highest BCUT2D eigenvalue weighted by Crippen LogP contribution is 2.05. The molecule has 0 saturated heterocycles. The number of hydrogen-bond acceptors (Lipinski definition) is 5. The first-order chi connectivity index (χ1) is 7.27. The molecule has 2 aromatic heterocycles. The Morgan fingerprint density at radius 2 is 2.47 bits per heavy atom. The van der Waals surface area contributed by atoms with Crippen molar-refractivity contribution in [3.05, 3.63) is 24.0 Å². The molecule has 1 amide bonds. The zero-order valence-corrected chi connectivity index (χ0v) is 7.93. The third-order valence-electron chi connectivity index (χ3n) is 1.83. The van der Waals surface area contributed by atoms with E-state index in [1.54, 1.807) is 19.3 Å². The molecular formula is C7H9N7O. The van der Waals surface area contributed by atoms with Crippen molar-refractivity contribution in [2.24, 2.45) is 0 Å². The molecule has 15 heavy (non-hydrogen) atoms. The van der Waals surface area contributed by atoms with E-state index >= 15 is 0 Å². The molecule has 0 spiro atoms. The number of nitrogens with zero attached hydrogens (tertiary/aromatic N) is 4. The molecule has 2 rings (SSSR count). The van der Waals surface area contributed by atoms with E-state index in [-0.39, 0.29) is 11.9 Å². The van der Waals surface area contributed by atoms with Gasteiger partial charge < -0.3 is 10.3 Å². The predicted octanol–water partition coefficient (Wildman–Crippen LogP) is -0.586. The molecule has 0 aromatic carbocycles. The molecule has 8 nitrogen and oxygen atoms in total. The number of hydrogen-bond donors (Lipinski definition) is 3. The van der Waals surface area contributed by atoms with Crippen molar-refractivity contribution in [3.8, 4) is 0 Å². The van der Waals surface area contributed by atoms with Crippen LogP contribution in [0.25, 0.3) is 0 Å². The third-order valence-corrected chi connectivity index (χ3v) is 1.83. The van der Waals surface area contributed by atoms with Gasteiger partial charge in [-0.3, -0.25) is 4.79 Å². The van der Waals surface area contributed by atoms with Gasteiger partial charge in [-0.05, 0) is 12.1 Å². The molecule has 2 heterocycles. The Labute approximate surface area is 84.5 Å². The number of rotatable bonds is 3. The minimum absolute atomic E-state index is 0.00778. The van der Waals surface area contributed by atoms with Crippen molar-refractivity contribution in [1.82, 2.24) is 35.9 Å². The highest BCUT2D eigenvalue weighted by Gasteiger charge is 2.15. The Hall–Kier alpha value is -2.25. The summed E-state index contributed by atoms with van der Waals surface area (Å²) in [4.78, 5) is 18.4. The quantitative estimate of drug-likeness (QED) is 0.623. The van der Waals surface area contributed by atoms with E-state index in [4.69, 9.17) is 0 Å². The van der Waals surface area contributed by atoms with Crippen LogP contribution in [0.2, 0.25) is 0 Å². The number of carbonyl (C=O) groups is 1. The van der Waals surface area contributed by atoms with E-state index < -0.39 is 5.91 Å². The van der Waals surface area contributed by atoms with Crippen LogP contribution in [-0.2, 0) is 0 Å². The average Bonchev–Trinajstić information content (AvgIpc) is 2.91. The fraction of sp³-hybridized carbons (Fsp3) is 0.286. The first-order valence-electron chi connectivity index (χ1n) is 4.31. The van der Waals surface area contributed by atoms with Gasteiger partial charge in [0.2, 0.25) is 0 Å². The maximum atomic E-state index is 11.5. The summed E-state index contributed by atoms with van der Waals surface area (Å²) < 4.78 is 0. The fourth-order valence-electron chi connectivity index (χ4n) is 1.10. The molecule has 2 aromatic rings. The molecule has 0 aliphatic rings. The van der Waals surface area contributed by atoms with Crippen LogP contribution < -0.4 is 5.32 Å². The van der Waals surface area contributed by atoms with Crippen molar-refractivity contribution in [3.63, 3.8) is 0 Å². The van der Waals surface area contributed by atoms with Gasteiger partial charge in [0.05, 0.1) is 6.04 Å². The molecule has 1 atom stereocenters. The van der Waals surface area contributed by atoms with Gasteiger partial charge in [0.25, 0.3) is 11.7 Å². The highest BCUT2D eigenvalue weighted by atomic mass is 16.2. The van der Waals surface area contributed by atoms with Crippen molar-refractivity contribution in [1.29, 1.82) is 0 Å². The number of H-pyrrole nitrogens is 2. The lowest BCUT2D eigenvalue weighted by molar-refractivity contribution is 0.0928. The van der Waals surface area contributed by atoms with Crippen molar-refractivity contribution < 1.29 is 4.79 Å². The summed E-state index contributed by atoms with van der Waals surface area (Å²) in [6.45, 7) is 1.80. The smallest absolute Gasteiger partial charge is 0.293 e. The minimum Gasteiger partial charge on any atom is -0.347 e. The molecule has 0 bridgehead atoms. The maximum Gasteiger partial charge on any atom is 0.293 e. The molecular weight excluding hydrogens is 198 g/mol. The summed E-state index contributed by atoms with van der Waals surface area (Å²) in [5.74, 6) is 0.285. The Bertz CT molecular complexity index is 420. The Morgan fingerprint density at radius 1 is 1.60 bits per heavy atom. The van der Waals surface area contributed by atoms with Gasteiger partial charge in [0, 0.05) is 12.4 Å². The van der Waals surface area contributed by atoms with Gasteiger partial charge in [-0.15, -0.1) is 10.2 Å². The van der Waals surface area contributed by atoms with E-state index in [2.05, 4.69) is 35.9 Å². The van der Waals surface area contributed by atoms with E-state index in [9.17, 15) is 4.79 Å². The number of carbonyl (C=O) groups excluding carboxylic acids is 1. The second kappa shape index (κ2) is 3.86. The highest BCUT2D eigenvalue weighted by molar-refractivity contribution is 5.90. The maximum absolute atomic E-state index is 11.5. The summed E-state index contributed by atoms with van der Waals surface area (Å²) in [6, 6.07) is -0.231. The van der Waals surface area contributed by atoms with E-state index in [1.807, 2.05) is 0 Å². The molecule has 0 aliphatic carbocycles. The lowest BCUT2D eigenvalue weighted by Gasteiger charge is -2.08. The van der Waals surface area contributed by atoms with Gasteiger partial charge in [-0.2, -0.15) is 5.21 Å². The Balaban J connectivity index is 2.01. The number of aromatic nitrogens is 6. The molecule has 0 saturated carbocycles. The van der Waals surface area contributed by atoms with Crippen LogP contribution in [0, 0.1) is 0 Å². The standard InChI is InChI=1S/C7H9N7O/c1-4(5-8-2-3-9-5)10-7(15)6-11-13-14-12-6/h2-4H,1H3,(H,8,9)(H,10,15)(H,11,12,13,14). The summed E-state index contributed by atoms with van der Waals surface area (Å²) >= 11 is 0. The van der Waals surface area contributed by atoms with Crippen molar-refractivity contribution in [2.45, 2.75) is 13.0 Å². The summed E-state index contributed by atoms with van der Waals surface area (Å²) in [7, 11) is 0. The second-order valence-electron chi connectivity index (χ2n) is 2.90. The van der Waals surface area contributed by atoms with Crippen LogP contribution in [0.3, 0.4) is 0 Å². The lowest BCUT2D eigenvalue weighted by Crippen LogP contribution is -2.28. The SMILES string of the molecule is CC(NC(=O)c1nn[nH]n1)c1ncc[nH]1. The monoisotopic (exact) mass is 207 g/mol. The Morgan fingerprint density at radius 3 is 3.07 bits per heavy atom. The largest absolute Gasteiger partial charge is 0.347 e. The molecule has 1 unspecified atom stereocenters. The van der Waals surface area contributed by atoms with Gasteiger partial charge in [-0.1, -0.05) is 0 Å². The van der Waals surface area contributed by atoms with Gasteiger partial charge in [0.1, 0.15) is 5.82 Å². The molecule has 0 radical (unpaired) electrons. The van der Waals surface area contributed by atoms with E-state index in [1.165, 1.54) is 0 Å². The lowest BCUT2D eigenvalue weighted by atomic mass is 10.3. The number of tetrazole rings is 1. The number of nitrogens with one attached hydrogen (secondary N) is 3. The summed E-state index contributed by atoms with van der Waals surface area (Å²) in [5, 5.41) is 15.3. The summed E-state index contributed by atoms with van der Waals surface area (Å²) in [6.07, 6.45) is 3.30. The minimum atomic E-state index is -0.396. The second-order valence-corrected chi connectivity index (χ2v) is 2.90. The zero-order valence-electron chi connectivity index (χ0n) is 7.93. The normalized spacial score (nSPS) is 12.3. The van der Waals surface area contributed by atoms with Crippen LogP contribution in [0.1, 0.15) is 29.4 Å². The van der Waals surface area contributed by atoms with Crippen LogP contribution in [0.5, 0.6) is 0 Å². The number of amides is 1. The van der Waals surface area contributed by atoms with Crippen LogP contribution in [0.15, 0.2) is 12.4 Å². The molecule has 78 valence electrons. The molecule has 3 N–H and O–H groups in total. The van der Waals surface area contributed by atoms with E-state index in [0.29, 0.717) is 5.82 Å². The predicted molar refractivity (Wildman–Crippen MR) is 48.6 cm³/mol. The first-order valence-corrected chi connectivity index (χ1v) is 4.31. The fourth-order valence-corrected chi connectivity index (χ4v) is 1.10. The third kappa shape index (κ3) is 1.98. The van der Waals surface area contributed by atoms with Crippen LogP contribution >= 0.6 is 0 Å². The van der Waals surface area contributed by atoms with Crippen LogP contribution in [-0.4, -0.2) is 36.5 Å². The average molecular weight is 207 g/mol. The van der Waals surface area contributed by atoms with Gasteiger partial charge in [0.15, 0.2) is 0 Å². The zero-order chi connectivity index (χ0) is 10.7.